The van der Waals surface area contributed by atoms with Crippen LogP contribution >= 0.6 is 22.7 Å². The molecule has 0 bridgehead atoms. The number of likely N-dealkylation sites (tertiary alicyclic amines) is 1. The molecule has 5 nitrogen and oxygen atoms in total. The van der Waals surface area contributed by atoms with Crippen molar-refractivity contribution in [1.82, 2.24) is 15.1 Å². The van der Waals surface area contributed by atoms with Gasteiger partial charge in [0.1, 0.15) is 11.6 Å². The van der Waals surface area contributed by atoms with Gasteiger partial charge in [0.15, 0.2) is 0 Å². The lowest BCUT2D eigenvalue weighted by molar-refractivity contribution is -0.139. The Morgan fingerprint density at radius 3 is 2.67 bits per heavy atom. The highest BCUT2D eigenvalue weighted by Crippen LogP contribution is 2.44. The highest BCUT2D eigenvalue weighted by molar-refractivity contribution is 7.11. The quantitative estimate of drug-likeness (QED) is 0.834. The SMILES string of the molecule is O=C(N1CCC(Oc2nncs2)CC1)C1(c2cccs2)CCCC1. The van der Waals surface area contributed by atoms with Crippen molar-refractivity contribution >= 4 is 28.6 Å². The lowest BCUT2D eigenvalue weighted by Gasteiger charge is -2.37. The number of ether oxygens (including phenoxy) is 1. The molecule has 0 unspecified atom stereocenters. The van der Waals surface area contributed by atoms with Crippen LogP contribution in [0.5, 0.6) is 5.19 Å². The summed E-state index contributed by atoms with van der Waals surface area (Å²) in [6.07, 6.45) is 6.17. The number of hydrogen-bond donors (Lipinski definition) is 0. The van der Waals surface area contributed by atoms with Crippen LogP contribution in [0.25, 0.3) is 0 Å². The standard InChI is InChI=1S/C17H21N3O2S2/c21-15(17(7-1-2-8-17)14-4-3-11-23-14)20-9-5-13(6-10-20)22-16-19-18-12-24-16/h3-4,11-13H,1-2,5-10H2. The van der Waals surface area contributed by atoms with E-state index < -0.39 is 0 Å². The van der Waals surface area contributed by atoms with E-state index in [1.807, 2.05) is 0 Å². The summed E-state index contributed by atoms with van der Waals surface area (Å²) in [6.45, 7) is 1.55. The van der Waals surface area contributed by atoms with E-state index in [2.05, 4.69) is 32.6 Å². The number of nitrogens with zero attached hydrogens (tertiary/aromatic N) is 3. The van der Waals surface area contributed by atoms with Gasteiger partial charge >= 0.3 is 0 Å². The second-order valence-electron chi connectivity index (χ2n) is 6.58. The molecule has 1 saturated carbocycles. The Labute approximate surface area is 149 Å². The van der Waals surface area contributed by atoms with Crippen molar-refractivity contribution in [1.29, 1.82) is 0 Å². The molecule has 1 aliphatic carbocycles. The predicted molar refractivity (Wildman–Crippen MR) is 94.6 cm³/mol. The molecular formula is C17H21N3O2S2. The molecule has 24 heavy (non-hydrogen) atoms. The number of hydrogen-bond acceptors (Lipinski definition) is 6. The summed E-state index contributed by atoms with van der Waals surface area (Å²) in [5, 5.41) is 10.5. The minimum Gasteiger partial charge on any atom is -0.465 e. The average molecular weight is 364 g/mol. The lowest BCUT2D eigenvalue weighted by Crippen LogP contribution is -2.49. The Balaban J connectivity index is 1.42. The van der Waals surface area contributed by atoms with E-state index in [0.29, 0.717) is 11.1 Å². The number of aromatic nitrogens is 2. The topological polar surface area (TPSA) is 55.3 Å². The van der Waals surface area contributed by atoms with Crippen molar-refractivity contribution in [2.75, 3.05) is 13.1 Å². The van der Waals surface area contributed by atoms with E-state index in [-0.39, 0.29) is 11.5 Å². The molecular weight excluding hydrogens is 342 g/mol. The van der Waals surface area contributed by atoms with Crippen LogP contribution in [0.15, 0.2) is 23.0 Å². The minimum absolute atomic E-state index is 0.142. The van der Waals surface area contributed by atoms with Crippen LogP contribution in [0.2, 0.25) is 0 Å². The molecule has 2 aliphatic rings. The molecule has 1 aliphatic heterocycles. The zero-order valence-electron chi connectivity index (χ0n) is 13.5. The summed E-state index contributed by atoms with van der Waals surface area (Å²) in [5.41, 5.74) is 1.42. The maximum Gasteiger partial charge on any atom is 0.294 e. The molecule has 2 aromatic rings. The highest BCUT2D eigenvalue weighted by atomic mass is 32.1. The molecule has 4 rings (SSSR count). The number of rotatable bonds is 4. The van der Waals surface area contributed by atoms with E-state index in [0.717, 1.165) is 51.6 Å². The maximum atomic E-state index is 13.3. The first-order valence-corrected chi connectivity index (χ1v) is 10.3. The fourth-order valence-corrected chi connectivity index (χ4v) is 5.38. The van der Waals surface area contributed by atoms with E-state index >= 15 is 0 Å². The van der Waals surface area contributed by atoms with Gasteiger partial charge in [0.25, 0.3) is 5.19 Å². The monoisotopic (exact) mass is 363 g/mol. The van der Waals surface area contributed by atoms with E-state index in [9.17, 15) is 4.79 Å². The van der Waals surface area contributed by atoms with Crippen LogP contribution in [0.3, 0.4) is 0 Å². The summed E-state index contributed by atoms with van der Waals surface area (Å²) in [6, 6.07) is 4.20. The Morgan fingerprint density at radius 1 is 1.25 bits per heavy atom. The van der Waals surface area contributed by atoms with Gasteiger partial charge in [-0.2, -0.15) is 0 Å². The summed E-state index contributed by atoms with van der Waals surface area (Å²) >= 11 is 3.15. The van der Waals surface area contributed by atoms with Crippen molar-refractivity contribution in [3.63, 3.8) is 0 Å². The van der Waals surface area contributed by atoms with Gasteiger partial charge in [0.2, 0.25) is 5.91 Å². The first-order valence-electron chi connectivity index (χ1n) is 8.54. The lowest BCUT2D eigenvalue weighted by atomic mass is 9.82. The van der Waals surface area contributed by atoms with E-state index in [1.54, 1.807) is 16.8 Å². The fraction of sp³-hybridized carbons (Fsp3) is 0.588. The Kier molecular flexibility index (Phi) is 4.54. The van der Waals surface area contributed by atoms with Crippen LogP contribution < -0.4 is 4.74 Å². The van der Waals surface area contributed by atoms with Crippen molar-refractivity contribution in [2.45, 2.75) is 50.0 Å². The van der Waals surface area contributed by atoms with Gasteiger partial charge in [-0.25, -0.2) is 0 Å². The smallest absolute Gasteiger partial charge is 0.294 e. The molecule has 0 radical (unpaired) electrons. The second-order valence-corrected chi connectivity index (χ2v) is 8.32. The third kappa shape index (κ3) is 2.95. The van der Waals surface area contributed by atoms with Crippen LogP contribution in [0, 0.1) is 0 Å². The third-order valence-electron chi connectivity index (χ3n) is 5.20. The largest absolute Gasteiger partial charge is 0.465 e. The summed E-state index contributed by atoms with van der Waals surface area (Å²) in [7, 11) is 0. The first kappa shape index (κ1) is 16.0. The van der Waals surface area contributed by atoms with Gasteiger partial charge < -0.3 is 9.64 Å². The van der Waals surface area contributed by atoms with Crippen LogP contribution in [-0.2, 0) is 10.2 Å². The maximum absolute atomic E-state index is 13.3. The van der Waals surface area contributed by atoms with Gasteiger partial charge in [-0.3, -0.25) is 4.79 Å². The third-order valence-corrected chi connectivity index (χ3v) is 6.85. The molecule has 0 aromatic carbocycles. The summed E-state index contributed by atoms with van der Waals surface area (Å²) < 4.78 is 5.86. The van der Waals surface area contributed by atoms with Crippen LogP contribution in [-0.4, -0.2) is 40.2 Å². The van der Waals surface area contributed by atoms with Gasteiger partial charge in [-0.1, -0.05) is 30.2 Å². The number of carbonyl (C=O) groups is 1. The number of amides is 1. The molecule has 2 fully saturated rings. The zero-order chi connectivity index (χ0) is 16.4. The van der Waals surface area contributed by atoms with E-state index in [4.69, 9.17) is 4.74 Å². The van der Waals surface area contributed by atoms with Gasteiger partial charge in [-0.05, 0) is 24.3 Å². The summed E-state index contributed by atoms with van der Waals surface area (Å²) in [4.78, 5) is 16.6. The van der Waals surface area contributed by atoms with Crippen LogP contribution in [0.4, 0.5) is 0 Å². The van der Waals surface area contributed by atoms with E-state index in [1.165, 1.54) is 16.2 Å². The van der Waals surface area contributed by atoms with Crippen molar-refractivity contribution < 1.29 is 9.53 Å². The Bertz CT molecular complexity index is 658. The number of carbonyl (C=O) groups excluding carboxylic acids is 1. The molecule has 0 N–H and O–H groups in total. The second kappa shape index (κ2) is 6.80. The number of piperidine rings is 1. The van der Waals surface area contributed by atoms with Gasteiger partial charge in [0, 0.05) is 30.8 Å². The zero-order valence-corrected chi connectivity index (χ0v) is 15.2. The molecule has 2 aromatic heterocycles. The normalized spacial score (nSPS) is 21.1. The molecule has 3 heterocycles. The van der Waals surface area contributed by atoms with Gasteiger partial charge in [-0.15, -0.1) is 21.5 Å². The molecule has 7 heteroatoms. The number of thiophene rings is 1. The van der Waals surface area contributed by atoms with Gasteiger partial charge in [0.05, 0.1) is 5.41 Å². The molecule has 128 valence electrons. The van der Waals surface area contributed by atoms with Crippen LogP contribution in [0.1, 0.15) is 43.4 Å². The Morgan fingerprint density at radius 2 is 2.04 bits per heavy atom. The van der Waals surface area contributed by atoms with Crippen molar-refractivity contribution in [2.24, 2.45) is 0 Å². The predicted octanol–water partition coefficient (Wildman–Crippen LogP) is 3.48. The molecule has 0 spiro atoms. The highest BCUT2D eigenvalue weighted by Gasteiger charge is 2.46. The fourth-order valence-electron chi connectivity index (χ4n) is 3.93. The minimum atomic E-state index is -0.263. The first-order chi connectivity index (χ1) is 11.8. The van der Waals surface area contributed by atoms with Crippen molar-refractivity contribution in [3.8, 4) is 5.19 Å². The van der Waals surface area contributed by atoms with Crippen molar-refractivity contribution in [3.05, 3.63) is 27.9 Å². The molecule has 1 saturated heterocycles. The summed E-state index contributed by atoms with van der Waals surface area (Å²) in [5.74, 6) is 0.330. The Hall–Kier alpha value is -1.47. The molecule has 1 amide bonds. The average Bonchev–Trinajstić information content (AvgIpc) is 3.36. The molecule has 0 atom stereocenters.